The number of ether oxygens (including phenoxy) is 1. The van der Waals surface area contributed by atoms with E-state index < -0.39 is 0 Å². The van der Waals surface area contributed by atoms with Gasteiger partial charge in [-0.3, -0.25) is 9.67 Å². The largest absolute Gasteiger partial charge is 0.457 e. The number of guanidine groups is 1. The van der Waals surface area contributed by atoms with Crippen molar-refractivity contribution in [2.24, 2.45) is 12.0 Å². The molecule has 0 saturated heterocycles. The van der Waals surface area contributed by atoms with Gasteiger partial charge in [-0.05, 0) is 24.3 Å². The molecule has 0 spiro atoms. The number of hydrogen-bond acceptors (Lipinski definition) is 4. The minimum Gasteiger partial charge on any atom is -0.457 e. The third-order valence-corrected chi connectivity index (χ3v) is 4.38. The SMILES string of the molecule is CN=C(NCc1ccc(Br)cc1Oc1ccccc1)NCc1ncnn1C.I. The third kappa shape index (κ3) is 6.20. The molecule has 0 saturated carbocycles. The second-order valence-electron chi connectivity index (χ2n) is 5.75. The Morgan fingerprint density at radius 1 is 1.14 bits per heavy atom. The average molecular weight is 557 g/mol. The van der Waals surface area contributed by atoms with Crippen molar-refractivity contribution in [3.05, 3.63) is 70.7 Å². The molecule has 0 aliphatic rings. The number of rotatable bonds is 6. The van der Waals surface area contributed by atoms with Gasteiger partial charge in [0.2, 0.25) is 0 Å². The van der Waals surface area contributed by atoms with Crippen LogP contribution >= 0.6 is 39.9 Å². The van der Waals surface area contributed by atoms with Crippen molar-refractivity contribution in [1.29, 1.82) is 0 Å². The Labute approximate surface area is 189 Å². The number of hydrogen-bond donors (Lipinski definition) is 2. The van der Waals surface area contributed by atoms with E-state index in [2.05, 4.69) is 41.6 Å². The van der Waals surface area contributed by atoms with Crippen molar-refractivity contribution in [2.75, 3.05) is 7.05 Å². The van der Waals surface area contributed by atoms with Crippen molar-refractivity contribution in [2.45, 2.75) is 13.1 Å². The molecular formula is C19H22BrIN6O. The summed E-state index contributed by atoms with van der Waals surface area (Å²) in [5.74, 6) is 3.08. The normalized spacial score (nSPS) is 10.9. The number of benzene rings is 2. The van der Waals surface area contributed by atoms with Gasteiger partial charge in [0, 0.05) is 30.7 Å². The number of nitrogens with one attached hydrogen (secondary N) is 2. The summed E-state index contributed by atoms with van der Waals surface area (Å²) in [7, 11) is 3.59. The Balaban J connectivity index is 0.00000280. The van der Waals surface area contributed by atoms with E-state index in [1.54, 1.807) is 11.7 Å². The van der Waals surface area contributed by atoms with Gasteiger partial charge in [0.05, 0.1) is 6.54 Å². The highest BCUT2D eigenvalue weighted by Crippen LogP contribution is 2.28. The lowest BCUT2D eigenvalue weighted by atomic mass is 10.2. The molecule has 7 nitrogen and oxygen atoms in total. The van der Waals surface area contributed by atoms with Crippen molar-refractivity contribution in [1.82, 2.24) is 25.4 Å². The first-order valence-electron chi connectivity index (χ1n) is 8.44. The first-order chi connectivity index (χ1) is 13.2. The summed E-state index contributed by atoms with van der Waals surface area (Å²) in [6.45, 7) is 1.10. The zero-order valence-corrected chi connectivity index (χ0v) is 19.5. The molecular weight excluding hydrogens is 535 g/mol. The molecule has 28 heavy (non-hydrogen) atoms. The van der Waals surface area contributed by atoms with Crippen LogP contribution in [0.15, 0.2) is 64.3 Å². The molecule has 0 fully saturated rings. The Hall–Kier alpha value is -2.14. The van der Waals surface area contributed by atoms with Crippen LogP contribution in [0.4, 0.5) is 0 Å². The lowest BCUT2D eigenvalue weighted by Crippen LogP contribution is -2.37. The third-order valence-electron chi connectivity index (χ3n) is 3.89. The van der Waals surface area contributed by atoms with Gasteiger partial charge < -0.3 is 15.4 Å². The molecule has 0 aliphatic carbocycles. The highest BCUT2D eigenvalue weighted by atomic mass is 127. The fraction of sp³-hybridized carbons (Fsp3) is 0.211. The highest BCUT2D eigenvalue weighted by molar-refractivity contribution is 14.0. The molecule has 1 aromatic heterocycles. The van der Waals surface area contributed by atoms with Crippen LogP contribution in [0.3, 0.4) is 0 Å². The molecule has 2 aromatic carbocycles. The maximum atomic E-state index is 6.04. The summed E-state index contributed by atoms with van der Waals surface area (Å²) in [6, 6.07) is 15.7. The van der Waals surface area contributed by atoms with E-state index >= 15 is 0 Å². The van der Waals surface area contributed by atoms with Crippen molar-refractivity contribution in [3.63, 3.8) is 0 Å². The van der Waals surface area contributed by atoms with Gasteiger partial charge >= 0.3 is 0 Å². The molecule has 9 heteroatoms. The first-order valence-corrected chi connectivity index (χ1v) is 9.23. The lowest BCUT2D eigenvalue weighted by Gasteiger charge is -2.15. The summed E-state index contributed by atoms with van der Waals surface area (Å²) in [5, 5.41) is 10.6. The zero-order chi connectivity index (χ0) is 19.1. The zero-order valence-electron chi connectivity index (χ0n) is 15.6. The number of aromatic nitrogens is 3. The number of para-hydroxylation sites is 1. The quantitative estimate of drug-likeness (QED) is 0.274. The van der Waals surface area contributed by atoms with Gasteiger partial charge in [0.25, 0.3) is 0 Å². The molecule has 3 rings (SSSR count). The first kappa shape index (κ1) is 22.2. The molecule has 3 aromatic rings. The monoisotopic (exact) mass is 556 g/mol. The smallest absolute Gasteiger partial charge is 0.191 e. The number of aryl methyl sites for hydroxylation is 1. The van der Waals surface area contributed by atoms with Crippen molar-refractivity contribution in [3.8, 4) is 11.5 Å². The standard InChI is InChI=1S/C19H21BrN6O.HI/c1-21-19(23-12-18-24-13-25-26(18)2)22-11-14-8-9-15(20)10-17(14)27-16-6-4-3-5-7-16;/h3-10,13H,11-12H2,1-2H3,(H2,21,22,23);1H. The minimum absolute atomic E-state index is 0. The van der Waals surface area contributed by atoms with E-state index in [0.717, 1.165) is 27.4 Å². The van der Waals surface area contributed by atoms with Crippen LogP contribution in [0.1, 0.15) is 11.4 Å². The van der Waals surface area contributed by atoms with Crippen LogP contribution < -0.4 is 15.4 Å². The molecule has 0 atom stereocenters. The van der Waals surface area contributed by atoms with E-state index in [0.29, 0.717) is 19.0 Å². The van der Waals surface area contributed by atoms with Crippen LogP contribution in [-0.4, -0.2) is 27.8 Å². The average Bonchev–Trinajstić information content (AvgIpc) is 3.09. The Kier molecular flexibility index (Phi) is 8.71. The Morgan fingerprint density at radius 3 is 2.57 bits per heavy atom. The molecule has 0 amide bonds. The highest BCUT2D eigenvalue weighted by Gasteiger charge is 2.08. The number of nitrogens with zero attached hydrogens (tertiary/aromatic N) is 4. The molecule has 1 heterocycles. The van der Waals surface area contributed by atoms with Crippen LogP contribution in [0.5, 0.6) is 11.5 Å². The van der Waals surface area contributed by atoms with Crippen molar-refractivity contribution < 1.29 is 4.74 Å². The second-order valence-corrected chi connectivity index (χ2v) is 6.66. The van der Waals surface area contributed by atoms with Gasteiger partial charge in [0.1, 0.15) is 23.7 Å². The van der Waals surface area contributed by atoms with Gasteiger partial charge in [-0.15, -0.1) is 24.0 Å². The molecule has 148 valence electrons. The topological polar surface area (TPSA) is 76.4 Å². The summed E-state index contributed by atoms with van der Waals surface area (Å²) in [4.78, 5) is 8.44. The fourth-order valence-corrected chi connectivity index (χ4v) is 2.77. The van der Waals surface area contributed by atoms with Gasteiger partial charge in [0.15, 0.2) is 5.96 Å². The van der Waals surface area contributed by atoms with Gasteiger partial charge in [-0.2, -0.15) is 5.10 Å². The fourth-order valence-electron chi connectivity index (χ4n) is 2.43. The molecule has 0 radical (unpaired) electrons. The summed E-state index contributed by atoms with van der Waals surface area (Å²) in [6.07, 6.45) is 1.53. The van der Waals surface area contributed by atoms with E-state index in [1.807, 2.05) is 55.6 Å². The lowest BCUT2D eigenvalue weighted by molar-refractivity contribution is 0.475. The molecule has 0 bridgehead atoms. The maximum Gasteiger partial charge on any atom is 0.191 e. The van der Waals surface area contributed by atoms with Crippen molar-refractivity contribution >= 4 is 45.9 Å². The van der Waals surface area contributed by atoms with E-state index in [1.165, 1.54) is 6.33 Å². The van der Waals surface area contributed by atoms with E-state index in [4.69, 9.17) is 4.74 Å². The molecule has 0 aliphatic heterocycles. The minimum atomic E-state index is 0. The molecule has 2 N–H and O–H groups in total. The van der Waals surface area contributed by atoms with Gasteiger partial charge in [-0.1, -0.05) is 40.2 Å². The predicted octanol–water partition coefficient (Wildman–Crippen LogP) is 3.85. The second kappa shape index (κ2) is 11.0. The van der Waals surface area contributed by atoms with Crippen LogP contribution in [-0.2, 0) is 20.1 Å². The van der Waals surface area contributed by atoms with Crippen LogP contribution in [0.2, 0.25) is 0 Å². The molecule has 0 unspecified atom stereocenters. The predicted molar refractivity (Wildman–Crippen MR) is 124 cm³/mol. The summed E-state index contributed by atoms with van der Waals surface area (Å²) in [5.41, 5.74) is 1.02. The summed E-state index contributed by atoms with van der Waals surface area (Å²) >= 11 is 3.51. The Bertz CT molecular complexity index is 916. The van der Waals surface area contributed by atoms with Gasteiger partial charge in [-0.25, -0.2) is 4.98 Å². The maximum absolute atomic E-state index is 6.04. The Morgan fingerprint density at radius 2 is 1.89 bits per heavy atom. The van der Waals surface area contributed by atoms with Crippen LogP contribution in [0.25, 0.3) is 0 Å². The number of halogens is 2. The summed E-state index contributed by atoms with van der Waals surface area (Å²) < 4.78 is 8.72. The van der Waals surface area contributed by atoms with E-state index in [-0.39, 0.29) is 24.0 Å². The van der Waals surface area contributed by atoms with E-state index in [9.17, 15) is 0 Å². The number of aliphatic imine (C=N–C) groups is 1. The van der Waals surface area contributed by atoms with Crippen LogP contribution in [0, 0.1) is 0 Å².